The summed E-state index contributed by atoms with van der Waals surface area (Å²) in [7, 11) is 0. The van der Waals surface area contributed by atoms with Gasteiger partial charge >= 0.3 is 17.1 Å². The topological polar surface area (TPSA) is 50.4 Å². The number of nitrogens with zero attached hydrogens (tertiary/aromatic N) is 1. The molecule has 0 unspecified atom stereocenters. The van der Waals surface area contributed by atoms with E-state index in [4.69, 9.17) is 5.73 Å². The molecule has 0 bridgehead atoms. The number of hydrazone groups is 1. The van der Waals surface area contributed by atoms with Crippen LogP contribution in [0.4, 0.5) is 0 Å². The van der Waals surface area contributed by atoms with Gasteiger partial charge < -0.3 is 18.4 Å². The summed E-state index contributed by atoms with van der Waals surface area (Å²) < 4.78 is 0. The van der Waals surface area contributed by atoms with Gasteiger partial charge in [0.2, 0.25) is 0 Å². The van der Waals surface area contributed by atoms with E-state index in [9.17, 15) is 0 Å². The molecule has 0 aromatic heterocycles. The second-order valence-electron chi connectivity index (χ2n) is 2.90. The first-order valence-corrected chi connectivity index (χ1v) is 5.17. The Morgan fingerprint density at radius 3 is 2.29 bits per heavy atom. The van der Waals surface area contributed by atoms with Gasteiger partial charge in [-0.05, 0) is 10.7 Å². The summed E-state index contributed by atoms with van der Waals surface area (Å²) in [5.74, 6) is 0. The number of hydrogen-bond donors (Lipinski definition) is 2. The first-order chi connectivity index (χ1) is 7.79. The van der Waals surface area contributed by atoms with Gasteiger partial charge in [0.25, 0.3) is 0 Å². The number of hydrogen-bond acceptors (Lipinski definition) is 3. The zero-order valence-corrected chi connectivity index (χ0v) is 11.0. The van der Waals surface area contributed by atoms with Crippen molar-refractivity contribution in [2.24, 2.45) is 10.8 Å². The second kappa shape index (κ2) is 9.78. The second-order valence-corrected chi connectivity index (χ2v) is 3.32. The summed E-state index contributed by atoms with van der Waals surface area (Å²) in [5, 5.41) is 3.71. The minimum Gasteiger partial charge on any atom is -0.741 e. The maximum atomic E-state index is 5.11. The predicted molar refractivity (Wildman–Crippen MR) is 70.5 cm³/mol. The van der Waals surface area contributed by atoms with Gasteiger partial charge in [-0.3, -0.25) is 5.43 Å². The van der Waals surface area contributed by atoms with E-state index in [0.717, 1.165) is 5.57 Å². The van der Waals surface area contributed by atoms with Crippen molar-refractivity contribution in [2.75, 3.05) is 0 Å². The Hall–Kier alpha value is -1.42. The molecule has 90 valence electrons. The molecule has 0 fully saturated rings. The van der Waals surface area contributed by atoms with E-state index in [-0.39, 0.29) is 22.2 Å². The zero-order valence-electron chi connectivity index (χ0n) is 9.06. The molecule has 1 aromatic carbocycles. The molecule has 1 aliphatic carbocycles. The number of nitrogens with two attached hydrogens (primary N) is 1. The molecule has 3 nitrogen and oxygen atoms in total. The van der Waals surface area contributed by atoms with Crippen LogP contribution >= 0.6 is 0 Å². The average molecular weight is 287 g/mol. The standard InChI is InChI=1S/C7H9N3S.C5H5.Fe/c8-7(11)10-9-5-6-3-1-2-4-6;1-2-4-5-3-1;/h1-5,9H,(H3,8,10,11);1-5H;/q;-1;+2/p-1. The van der Waals surface area contributed by atoms with E-state index in [1.165, 1.54) is 0 Å². The molecule has 5 heteroatoms. The summed E-state index contributed by atoms with van der Waals surface area (Å²) in [5.41, 5.74) is 8.78. The Bertz CT molecular complexity index is 370. The molecule has 0 aliphatic heterocycles. The van der Waals surface area contributed by atoms with Crippen molar-refractivity contribution in [1.82, 2.24) is 5.43 Å². The monoisotopic (exact) mass is 287 g/mol. The van der Waals surface area contributed by atoms with Gasteiger partial charge in [-0.25, -0.2) is 12.1 Å². The van der Waals surface area contributed by atoms with E-state index in [1.54, 1.807) is 6.20 Å². The Labute approximate surface area is 117 Å². The van der Waals surface area contributed by atoms with Gasteiger partial charge in [-0.2, -0.15) is 23.3 Å². The first-order valence-electron chi connectivity index (χ1n) is 4.76. The van der Waals surface area contributed by atoms with Gasteiger partial charge in [-0.15, -0.1) is 0 Å². The van der Waals surface area contributed by atoms with E-state index in [0.29, 0.717) is 0 Å². The van der Waals surface area contributed by atoms with Gasteiger partial charge in [-0.1, -0.05) is 24.3 Å². The Balaban J connectivity index is 0.000000360. The van der Waals surface area contributed by atoms with Crippen molar-refractivity contribution >= 4 is 17.8 Å². The Kier molecular flexibility index (Phi) is 8.96. The van der Waals surface area contributed by atoms with Crippen LogP contribution in [0.25, 0.3) is 0 Å². The molecule has 1 aliphatic rings. The normalized spacial score (nSPS) is 12.5. The number of nitrogens with one attached hydrogen (secondary N) is 1. The summed E-state index contributed by atoms with van der Waals surface area (Å²) in [6, 6.07) is 10.0. The van der Waals surface area contributed by atoms with Crippen molar-refractivity contribution in [3.05, 3.63) is 66.4 Å². The molecule has 3 N–H and O–H groups in total. The SMILES string of the molecule is N/C([S-])=N/NC=C1C=CC=C1.[Fe+2].c1cc[cH-]c1. The van der Waals surface area contributed by atoms with Crippen LogP contribution in [0.3, 0.4) is 0 Å². The molecule has 0 amide bonds. The van der Waals surface area contributed by atoms with Gasteiger partial charge in [0.05, 0.1) is 0 Å². The largest absolute Gasteiger partial charge is 2.00 e. The molecule has 0 saturated heterocycles. The fourth-order valence-corrected chi connectivity index (χ4v) is 1.03. The molecular formula is C12H13FeN3S. The minimum absolute atomic E-state index is 0. The molecule has 17 heavy (non-hydrogen) atoms. The predicted octanol–water partition coefficient (Wildman–Crippen LogP) is 1.77. The summed E-state index contributed by atoms with van der Waals surface area (Å²) in [6.07, 6.45) is 9.49. The Morgan fingerprint density at radius 1 is 1.29 bits per heavy atom. The minimum atomic E-state index is 0. The van der Waals surface area contributed by atoms with E-state index in [1.807, 2.05) is 54.6 Å². The van der Waals surface area contributed by atoms with Crippen LogP contribution in [0.1, 0.15) is 0 Å². The van der Waals surface area contributed by atoms with Gasteiger partial charge in [0.15, 0.2) is 0 Å². The fourth-order valence-electron chi connectivity index (χ4n) is 0.976. The van der Waals surface area contributed by atoms with Crippen LogP contribution in [0.2, 0.25) is 0 Å². The van der Waals surface area contributed by atoms with Crippen molar-refractivity contribution in [3.8, 4) is 0 Å². The van der Waals surface area contributed by atoms with E-state index >= 15 is 0 Å². The maximum Gasteiger partial charge on any atom is 2.00 e. The molecule has 0 saturated carbocycles. The molecular weight excluding hydrogens is 274 g/mol. The van der Waals surface area contributed by atoms with Gasteiger partial charge in [0.1, 0.15) is 0 Å². The van der Waals surface area contributed by atoms with Crippen LogP contribution in [0, 0.1) is 0 Å². The average Bonchev–Trinajstić information content (AvgIpc) is 2.93. The van der Waals surface area contributed by atoms with Crippen LogP contribution in [-0.2, 0) is 29.7 Å². The first kappa shape index (κ1) is 15.6. The third-order valence-corrected chi connectivity index (χ3v) is 1.74. The third kappa shape index (κ3) is 8.39. The Morgan fingerprint density at radius 2 is 1.88 bits per heavy atom. The molecule has 1 aromatic rings. The summed E-state index contributed by atoms with van der Waals surface area (Å²) in [6.45, 7) is 0. The zero-order chi connectivity index (χ0) is 11.6. The van der Waals surface area contributed by atoms with Crippen LogP contribution in [0.15, 0.2) is 71.5 Å². The van der Waals surface area contributed by atoms with E-state index < -0.39 is 0 Å². The molecule has 0 atom stereocenters. The van der Waals surface area contributed by atoms with Crippen LogP contribution < -0.4 is 11.2 Å². The quantitative estimate of drug-likeness (QED) is 0.218. The van der Waals surface area contributed by atoms with Gasteiger partial charge in [0, 0.05) is 6.20 Å². The molecule has 0 radical (unpaired) electrons. The van der Waals surface area contributed by atoms with Crippen molar-refractivity contribution in [3.63, 3.8) is 0 Å². The third-order valence-electron chi connectivity index (χ3n) is 1.65. The van der Waals surface area contributed by atoms with E-state index in [2.05, 4.69) is 23.2 Å². The number of amidine groups is 1. The molecule has 2 rings (SSSR count). The smallest absolute Gasteiger partial charge is 0.741 e. The van der Waals surface area contributed by atoms with Crippen LogP contribution in [0.5, 0.6) is 0 Å². The van der Waals surface area contributed by atoms with Crippen molar-refractivity contribution in [2.45, 2.75) is 0 Å². The fraction of sp³-hybridized carbons (Fsp3) is 0. The summed E-state index contributed by atoms with van der Waals surface area (Å²) >= 11 is 4.52. The molecule has 0 spiro atoms. The maximum absolute atomic E-state index is 5.11. The molecule has 0 heterocycles. The number of rotatable bonds is 2. The number of allylic oxidation sites excluding steroid dienone is 5. The van der Waals surface area contributed by atoms with Crippen molar-refractivity contribution in [1.29, 1.82) is 0 Å². The van der Waals surface area contributed by atoms with Crippen LogP contribution in [-0.4, -0.2) is 5.17 Å². The van der Waals surface area contributed by atoms with Crippen molar-refractivity contribution < 1.29 is 17.1 Å². The summed E-state index contributed by atoms with van der Waals surface area (Å²) in [4.78, 5) is 0.